The lowest BCUT2D eigenvalue weighted by atomic mass is 10.2. The first-order chi connectivity index (χ1) is 9.16. The molecule has 1 aliphatic rings. The SMILES string of the molecule is CCCN1c2ccccc2S(=O)(=O)c2ccccc21. The van der Waals surface area contributed by atoms with E-state index in [0.29, 0.717) is 9.79 Å². The topological polar surface area (TPSA) is 37.4 Å². The number of benzene rings is 2. The summed E-state index contributed by atoms with van der Waals surface area (Å²) in [5.41, 5.74) is 1.56. The van der Waals surface area contributed by atoms with Crippen LogP contribution in [0.15, 0.2) is 58.3 Å². The molecule has 0 atom stereocenters. The zero-order valence-corrected chi connectivity index (χ0v) is 11.5. The molecular formula is C15H15NO2S. The van der Waals surface area contributed by atoms with Crippen molar-refractivity contribution in [3.63, 3.8) is 0 Å². The van der Waals surface area contributed by atoms with Crippen molar-refractivity contribution in [3.05, 3.63) is 48.5 Å². The Morgan fingerprint density at radius 1 is 0.895 bits per heavy atom. The maximum Gasteiger partial charge on any atom is 0.210 e. The zero-order chi connectivity index (χ0) is 13.5. The Bertz CT molecular complexity index is 669. The first-order valence-electron chi connectivity index (χ1n) is 6.37. The molecule has 4 heteroatoms. The highest BCUT2D eigenvalue weighted by atomic mass is 32.2. The van der Waals surface area contributed by atoms with E-state index in [4.69, 9.17) is 0 Å². The number of anilines is 2. The lowest BCUT2D eigenvalue weighted by Gasteiger charge is -2.32. The Hall–Kier alpha value is -1.81. The van der Waals surface area contributed by atoms with Crippen LogP contribution >= 0.6 is 0 Å². The molecule has 0 radical (unpaired) electrons. The molecule has 98 valence electrons. The fourth-order valence-electron chi connectivity index (χ4n) is 2.53. The summed E-state index contributed by atoms with van der Waals surface area (Å²) in [4.78, 5) is 2.90. The quantitative estimate of drug-likeness (QED) is 0.841. The normalized spacial score (nSPS) is 15.7. The van der Waals surface area contributed by atoms with Crippen LogP contribution in [0.4, 0.5) is 11.4 Å². The minimum atomic E-state index is -3.39. The molecular weight excluding hydrogens is 258 g/mol. The number of nitrogens with zero attached hydrogens (tertiary/aromatic N) is 1. The second-order valence-electron chi connectivity index (χ2n) is 4.59. The van der Waals surface area contributed by atoms with Crippen molar-refractivity contribution >= 4 is 21.2 Å². The van der Waals surface area contributed by atoms with Gasteiger partial charge in [0.05, 0.1) is 21.2 Å². The van der Waals surface area contributed by atoms with Crippen LogP contribution in [0.5, 0.6) is 0 Å². The van der Waals surface area contributed by atoms with E-state index in [-0.39, 0.29) is 0 Å². The molecule has 2 aromatic carbocycles. The van der Waals surface area contributed by atoms with E-state index < -0.39 is 9.84 Å². The predicted molar refractivity (Wildman–Crippen MR) is 75.6 cm³/mol. The fraction of sp³-hybridized carbons (Fsp3) is 0.200. The summed E-state index contributed by atoms with van der Waals surface area (Å²) in [6.07, 6.45) is 0.961. The summed E-state index contributed by atoms with van der Waals surface area (Å²) in [6.45, 7) is 2.90. The molecule has 19 heavy (non-hydrogen) atoms. The Morgan fingerprint density at radius 3 is 1.84 bits per heavy atom. The van der Waals surface area contributed by atoms with E-state index in [1.807, 2.05) is 24.3 Å². The minimum absolute atomic E-state index is 0.405. The van der Waals surface area contributed by atoms with E-state index in [2.05, 4.69) is 11.8 Å². The van der Waals surface area contributed by atoms with Crippen LogP contribution in [0.25, 0.3) is 0 Å². The molecule has 0 fully saturated rings. The number of rotatable bonds is 2. The van der Waals surface area contributed by atoms with Gasteiger partial charge in [-0.2, -0.15) is 0 Å². The van der Waals surface area contributed by atoms with Crippen molar-refractivity contribution in [3.8, 4) is 0 Å². The van der Waals surface area contributed by atoms with Gasteiger partial charge in [0.2, 0.25) is 9.84 Å². The number of sulfone groups is 1. The number of fused-ring (bicyclic) bond motifs is 2. The first-order valence-corrected chi connectivity index (χ1v) is 7.85. The average Bonchev–Trinajstić information content (AvgIpc) is 2.44. The number of hydrogen-bond acceptors (Lipinski definition) is 3. The highest BCUT2D eigenvalue weighted by molar-refractivity contribution is 7.92. The van der Waals surface area contributed by atoms with E-state index in [1.54, 1.807) is 24.3 Å². The van der Waals surface area contributed by atoms with Gasteiger partial charge in [-0.05, 0) is 30.7 Å². The summed E-state index contributed by atoms with van der Waals surface area (Å²) in [7, 11) is -3.39. The molecule has 0 spiro atoms. The molecule has 2 aromatic rings. The average molecular weight is 273 g/mol. The van der Waals surface area contributed by atoms with E-state index in [9.17, 15) is 8.42 Å². The highest BCUT2D eigenvalue weighted by Gasteiger charge is 2.32. The van der Waals surface area contributed by atoms with Crippen molar-refractivity contribution < 1.29 is 8.42 Å². The van der Waals surface area contributed by atoms with Crippen LogP contribution in [0.2, 0.25) is 0 Å². The van der Waals surface area contributed by atoms with Crippen LogP contribution in [-0.4, -0.2) is 15.0 Å². The van der Waals surface area contributed by atoms with Crippen LogP contribution in [0.1, 0.15) is 13.3 Å². The van der Waals surface area contributed by atoms with Gasteiger partial charge in [-0.25, -0.2) is 8.42 Å². The van der Waals surface area contributed by atoms with Crippen molar-refractivity contribution in [2.24, 2.45) is 0 Å². The molecule has 0 amide bonds. The maximum atomic E-state index is 12.6. The third-order valence-electron chi connectivity index (χ3n) is 3.34. The van der Waals surface area contributed by atoms with Gasteiger partial charge < -0.3 is 4.90 Å². The van der Waals surface area contributed by atoms with E-state index in [1.165, 1.54) is 0 Å². The lowest BCUT2D eigenvalue weighted by Crippen LogP contribution is -2.26. The Morgan fingerprint density at radius 2 is 1.37 bits per heavy atom. The monoisotopic (exact) mass is 273 g/mol. The molecule has 0 aromatic heterocycles. The van der Waals surface area contributed by atoms with Gasteiger partial charge in [-0.1, -0.05) is 31.2 Å². The minimum Gasteiger partial charge on any atom is -0.339 e. The van der Waals surface area contributed by atoms with Crippen LogP contribution in [0, 0.1) is 0 Å². The van der Waals surface area contributed by atoms with Crippen molar-refractivity contribution in [2.75, 3.05) is 11.4 Å². The summed E-state index contributed by atoms with van der Waals surface area (Å²) in [6, 6.07) is 14.4. The molecule has 0 aliphatic carbocycles. The largest absolute Gasteiger partial charge is 0.339 e. The number of para-hydroxylation sites is 2. The Kier molecular flexibility index (Phi) is 2.82. The molecule has 0 N–H and O–H groups in total. The van der Waals surface area contributed by atoms with Crippen LogP contribution < -0.4 is 4.90 Å². The molecule has 1 aliphatic heterocycles. The van der Waals surface area contributed by atoms with Crippen LogP contribution in [-0.2, 0) is 9.84 Å². The summed E-state index contributed by atoms with van der Waals surface area (Å²) in [5, 5.41) is 0. The summed E-state index contributed by atoms with van der Waals surface area (Å²) < 4.78 is 25.2. The number of hydrogen-bond donors (Lipinski definition) is 0. The van der Waals surface area contributed by atoms with Crippen molar-refractivity contribution in [1.29, 1.82) is 0 Å². The molecule has 0 saturated heterocycles. The second-order valence-corrected chi connectivity index (χ2v) is 6.48. The lowest BCUT2D eigenvalue weighted by molar-refractivity contribution is 0.594. The van der Waals surface area contributed by atoms with Gasteiger partial charge in [0.15, 0.2) is 0 Å². The van der Waals surface area contributed by atoms with E-state index >= 15 is 0 Å². The standard InChI is InChI=1S/C15H15NO2S/c1-2-11-16-12-7-3-5-9-14(12)19(17,18)15-10-6-4-8-13(15)16/h3-10H,2,11H2,1H3. The molecule has 1 heterocycles. The molecule has 0 bridgehead atoms. The molecule has 0 unspecified atom stereocenters. The Labute approximate surface area is 113 Å². The molecule has 0 saturated carbocycles. The Balaban J connectivity index is 2.34. The summed E-state index contributed by atoms with van der Waals surface area (Å²) >= 11 is 0. The van der Waals surface area contributed by atoms with Crippen molar-refractivity contribution in [2.45, 2.75) is 23.1 Å². The predicted octanol–water partition coefficient (Wildman–Crippen LogP) is 3.38. The molecule has 3 nitrogen and oxygen atoms in total. The van der Waals surface area contributed by atoms with Crippen molar-refractivity contribution in [1.82, 2.24) is 0 Å². The first kappa shape index (κ1) is 12.2. The van der Waals surface area contributed by atoms with Gasteiger partial charge in [-0.15, -0.1) is 0 Å². The fourth-order valence-corrected chi connectivity index (χ4v) is 4.19. The van der Waals surface area contributed by atoms with Gasteiger partial charge >= 0.3 is 0 Å². The zero-order valence-electron chi connectivity index (χ0n) is 10.7. The van der Waals surface area contributed by atoms with Gasteiger partial charge in [0, 0.05) is 6.54 Å². The molecule has 3 rings (SSSR count). The van der Waals surface area contributed by atoms with Crippen LogP contribution in [0.3, 0.4) is 0 Å². The third-order valence-corrected chi connectivity index (χ3v) is 5.19. The second kappa shape index (κ2) is 4.38. The van der Waals surface area contributed by atoms with E-state index in [0.717, 1.165) is 24.3 Å². The van der Waals surface area contributed by atoms with Gasteiger partial charge in [0.25, 0.3) is 0 Å². The van der Waals surface area contributed by atoms with Gasteiger partial charge in [-0.3, -0.25) is 0 Å². The maximum absolute atomic E-state index is 12.6. The summed E-state index contributed by atoms with van der Waals surface area (Å²) in [5.74, 6) is 0. The smallest absolute Gasteiger partial charge is 0.210 e. The highest BCUT2D eigenvalue weighted by Crippen LogP contribution is 2.43. The third kappa shape index (κ3) is 1.75. The van der Waals surface area contributed by atoms with Gasteiger partial charge in [0.1, 0.15) is 0 Å².